The number of aromatic nitrogens is 3. The van der Waals surface area contributed by atoms with E-state index in [0.717, 1.165) is 22.2 Å². The highest BCUT2D eigenvalue weighted by Crippen LogP contribution is 2.43. The van der Waals surface area contributed by atoms with E-state index >= 15 is 0 Å². The van der Waals surface area contributed by atoms with Gasteiger partial charge in [0.1, 0.15) is 5.65 Å². The van der Waals surface area contributed by atoms with Gasteiger partial charge < -0.3 is 10.7 Å². The van der Waals surface area contributed by atoms with Gasteiger partial charge in [-0.3, -0.25) is 5.01 Å². The van der Waals surface area contributed by atoms with Crippen molar-refractivity contribution >= 4 is 22.6 Å². The third-order valence-electron chi connectivity index (χ3n) is 4.98. The standard InChI is InChI=1S/C17H16F2N6/c18-17(19)6-12(7-17)25-4-2-11-5-10(1-3-24(11)25)13-8-21-15-14(13)9-22-16(20)23-15/h1-3,5,8-9,12H,4,6-7H2,(H3,20,21,22,23). The van der Waals surface area contributed by atoms with Crippen molar-refractivity contribution in [3.63, 3.8) is 0 Å². The lowest BCUT2D eigenvalue weighted by molar-refractivity contribution is -0.150. The summed E-state index contributed by atoms with van der Waals surface area (Å²) in [5.41, 5.74) is 9.31. The summed E-state index contributed by atoms with van der Waals surface area (Å²) in [7, 11) is 0. The van der Waals surface area contributed by atoms with E-state index in [1.165, 1.54) is 0 Å². The van der Waals surface area contributed by atoms with Crippen molar-refractivity contribution in [1.82, 2.24) is 25.0 Å². The molecule has 1 aliphatic carbocycles. The van der Waals surface area contributed by atoms with Crippen LogP contribution in [0.3, 0.4) is 0 Å². The van der Waals surface area contributed by atoms with E-state index in [1.807, 2.05) is 28.5 Å². The van der Waals surface area contributed by atoms with Crippen LogP contribution in [0.2, 0.25) is 0 Å². The molecule has 25 heavy (non-hydrogen) atoms. The summed E-state index contributed by atoms with van der Waals surface area (Å²) in [6.07, 6.45) is 11.5. The maximum Gasteiger partial charge on any atom is 0.251 e. The smallest absolute Gasteiger partial charge is 0.251 e. The summed E-state index contributed by atoms with van der Waals surface area (Å²) < 4.78 is 26.3. The maximum absolute atomic E-state index is 13.2. The molecule has 2 aromatic heterocycles. The number of allylic oxidation sites excluding steroid dienone is 3. The molecule has 128 valence electrons. The second-order valence-electron chi connectivity index (χ2n) is 6.62. The van der Waals surface area contributed by atoms with Gasteiger partial charge in [0.15, 0.2) is 0 Å². The van der Waals surface area contributed by atoms with E-state index in [4.69, 9.17) is 5.73 Å². The molecule has 0 bridgehead atoms. The van der Waals surface area contributed by atoms with Crippen molar-refractivity contribution in [1.29, 1.82) is 0 Å². The minimum atomic E-state index is -2.51. The molecule has 0 aromatic carbocycles. The summed E-state index contributed by atoms with van der Waals surface area (Å²) in [6, 6.07) is -0.104. The third-order valence-corrected chi connectivity index (χ3v) is 4.98. The molecule has 0 atom stereocenters. The van der Waals surface area contributed by atoms with Crippen LogP contribution < -0.4 is 5.73 Å². The molecule has 1 fully saturated rings. The number of hydrazine groups is 1. The summed E-state index contributed by atoms with van der Waals surface area (Å²) in [5.74, 6) is -2.29. The Kier molecular flexibility index (Phi) is 2.85. The molecule has 4 heterocycles. The van der Waals surface area contributed by atoms with Crippen LogP contribution in [0.25, 0.3) is 16.6 Å². The number of nitrogen functional groups attached to an aromatic ring is 1. The largest absolute Gasteiger partial charge is 0.368 e. The van der Waals surface area contributed by atoms with Gasteiger partial charge >= 0.3 is 0 Å². The number of aromatic amines is 1. The normalized spacial score (nSPS) is 22.7. The first-order valence-electron chi connectivity index (χ1n) is 8.14. The number of rotatable bonds is 2. The number of nitrogens with one attached hydrogen (secondary N) is 1. The van der Waals surface area contributed by atoms with Crippen LogP contribution in [-0.2, 0) is 0 Å². The molecule has 3 aliphatic rings. The lowest BCUT2D eigenvalue weighted by Crippen LogP contribution is -2.53. The lowest BCUT2D eigenvalue weighted by atomic mass is 9.88. The fourth-order valence-electron chi connectivity index (χ4n) is 3.66. The average molecular weight is 342 g/mol. The van der Waals surface area contributed by atoms with Crippen molar-refractivity contribution < 1.29 is 8.78 Å². The Hall–Kier alpha value is -2.74. The van der Waals surface area contributed by atoms with Crippen LogP contribution in [0, 0.1) is 0 Å². The Morgan fingerprint density at radius 1 is 1.32 bits per heavy atom. The number of hydrogen-bond acceptors (Lipinski definition) is 5. The van der Waals surface area contributed by atoms with E-state index in [0.29, 0.717) is 12.2 Å². The quantitative estimate of drug-likeness (QED) is 0.878. The number of alkyl halides is 2. The predicted molar refractivity (Wildman–Crippen MR) is 90.0 cm³/mol. The van der Waals surface area contributed by atoms with E-state index in [2.05, 4.69) is 27.1 Å². The van der Waals surface area contributed by atoms with Crippen LogP contribution >= 0.6 is 0 Å². The van der Waals surface area contributed by atoms with Crippen LogP contribution in [-0.4, -0.2) is 43.5 Å². The SMILES string of the molecule is Nc1ncc2c(C3=CC4=CCN(C5CC(F)(F)C5)N4C=C3)c[nH]c2n1. The molecule has 6 nitrogen and oxygen atoms in total. The summed E-state index contributed by atoms with van der Waals surface area (Å²) in [4.78, 5) is 11.3. The number of nitrogens with two attached hydrogens (primary N) is 1. The Morgan fingerprint density at radius 2 is 2.16 bits per heavy atom. The molecule has 2 aliphatic heterocycles. The van der Waals surface area contributed by atoms with Crippen molar-refractivity contribution in [3.8, 4) is 0 Å². The van der Waals surface area contributed by atoms with Crippen LogP contribution in [0.1, 0.15) is 18.4 Å². The van der Waals surface area contributed by atoms with Gasteiger partial charge in [-0.15, -0.1) is 0 Å². The van der Waals surface area contributed by atoms with Crippen LogP contribution in [0.5, 0.6) is 0 Å². The Labute approximate surface area is 142 Å². The van der Waals surface area contributed by atoms with Gasteiger partial charge in [0.05, 0.1) is 5.70 Å². The van der Waals surface area contributed by atoms with Gasteiger partial charge in [-0.2, -0.15) is 4.98 Å². The van der Waals surface area contributed by atoms with Crippen molar-refractivity contribution in [3.05, 3.63) is 48.1 Å². The van der Waals surface area contributed by atoms with Gasteiger partial charge in [0.2, 0.25) is 5.95 Å². The number of anilines is 1. The van der Waals surface area contributed by atoms with Crippen molar-refractivity contribution in [2.24, 2.45) is 0 Å². The van der Waals surface area contributed by atoms with Crippen molar-refractivity contribution in [2.75, 3.05) is 12.3 Å². The molecule has 2 aromatic rings. The monoisotopic (exact) mass is 342 g/mol. The molecule has 1 saturated carbocycles. The van der Waals surface area contributed by atoms with E-state index in [9.17, 15) is 8.78 Å². The highest BCUT2D eigenvalue weighted by molar-refractivity contribution is 5.94. The summed E-state index contributed by atoms with van der Waals surface area (Å²) in [6.45, 7) is 0.651. The second kappa shape index (κ2) is 4.89. The molecule has 0 spiro atoms. The molecular formula is C17H16F2N6. The number of fused-ring (bicyclic) bond motifs is 2. The zero-order valence-electron chi connectivity index (χ0n) is 13.3. The Morgan fingerprint density at radius 3 is 2.96 bits per heavy atom. The first-order chi connectivity index (χ1) is 12.0. The minimum Gasteiger partial charge on any atom is -0.368 e. The molecule has 0 amide bonds. The molecule has 8 heteroatoms. The van der Waals surface area contributed by atoms with Gasteiger partial charge in [-0.25, -0.2) is 18.8 Å². The van der Waals surface area contributed by atoms with Gasteiger partial charge in [0.25, 0.3) is 5.92 Å². The summed E-state index contributed by atoms with van der Waals surface area (Å²) >= 11 is 0. The van der Waals surface area contributed by atoms with Gasteiger partial charge in [-0.1, -0.05) is 0 Å². The van der Waals surface area contributed by atoms with Crippen LogP contribution in [0.4, 0.5) is 14.7 Å². The second-order valence-corrected chi connectivity index (χ2v) is 6.62. The molecule has 5 rings (SSSR count). The Bertz CT molecular complexity index is 949. The van der Waals surface area contributed by atoms with E-state index in [1.54, 1.807) is 6.20 Å². The van der Waals surface area contributed by atoms with Gasteiger partial charge in [0, 0.05) is 55.0 Å². The highest BCUT2D eigenvalue weighted by Gasteiger charge is 2.49. The fourth-order valence-corrected chi connectivity index (χ4v) is 3.66. The highest BCUT2D eigenvalue weighted by atomic mass is 19.3. The first-order valence-corrected chi connectivity index (χ1v) is 8.14. The van der Waals surface area contributed by atoms with E-state index in [-0.39, 0.29) is 24.8 Å². The fraction of sp³-hybridized carbons (Fsp3) is 0.294. The molecular weight excluding hydrogens is 326 g/mol. The average Bonchev–Trinajstić information content (AvgIpc) is 3.15. The van der Waals surface area contributed by atoms with E-state index < -0.39 is 5.92 Å². The number of hydrogen-bond donors (Lipinski definition) is 2. The zero-order valence-corrected chi connectivity index (χ0v) is 13.3. The topological polar surface area (TPSA) is 74.1 Å². The van der Waals surface area contributed by atoms with Crippen molar-refractivity contribution in [2.45, 2.75) is 24.8 Å². The lowest BCUT2D eigenvalue weighted by Gasteiger charge is -2.44. The molecule has 0 radical (unpaired) electrons. The molecule has 0 unspecified atom stereocenters. The zero-order chi connectivity index (χ0) is 17.2. The van der Waals surface area contributed by atoms with Gasteiger partial charge in [-0.05, 0) is 23.8 Å². The maximum atomic E-state index is 13.2. The molecule has 0 saturated heterocycles. The third kappa shape index (κ3) is 2.25. The Balaban J connectivity index is 1.42. The predicted octanol–water partition coefficient (Wildman–Crippen LogP) is 2.67. The number of halogens is 2. The summed E-state index contributed by atoms with van der Waals surface area (Å²) in [5, 5.41) is 4.86. The molecule has 3 N–H and O–H groups in total. The first kappa shape index (κ1) is 14.6. The van der Waals surface area contributed by atoms with Crippen LogP contribution in [0.15, 0.2) is 42.5 Å². The number of H-pyrrole nitrogens is 1. The minimum absolute atomic E-state index is 0.0732. The number of nitrogens with zero attached hydrogens (tertiary/aromatic N) is 4.